The molecule has 1 atom stereocenters. The highest BCUT2D eigenvalue weighted by Crippen LogP contribution is 2.47. The molecular weight excluding hydrogens is 388 g/mol. The fraction of sp³-hybridized carbons (Fsp3) is 1.00. The molecule has 3 aliphatic carbocycles. The van der Waals surface area contributed by atoms with Crippen molar-refractivity contribution in [3.05, 3.63) is 0 Å². The number of hydrogen-bond acceptors (Lipinski definition) is 1. The molecule has 0 heterocycles. The Hall–Kier alpha value is -0.0400. The number of hydrogen-bond donors (Lipinski definition) is 1. The first-order valence-corrected chi connectivity index (χ1v) is 15.4. The van der Waals surface area contributed by atoms with Crippen molar-refractivity contribution in [2.75, 3.05) is 6.61 Å². The average molecular weight is 447 g/mol. The fourth-order valence-electron chi connectivity index (χ4n) is 8.35. The summed E-state index contributed by atoms with van der Waals surface area (Å²) in [7, 11) is 0. The molecule has 0 aromatic heterocycles. The van der Waals surface area contributed by atoms with Gasteiger partial charge in [-0.1, -0.05) is 90.9 Å². The van der Waals surface area contributed by atoms with Gasteiger partial charge in [-0.15, -0.1) is 0 Å². The molecule has 1 unspecified atom stereocenters. The standard InChI is InChI=1S/C31H58O/c1-3-5-6-7-8-10-26-11-15-27(16-12-26)28-19-21-30(22-20-28)31(23-24-32)29-17-13-25(9-4-2)14-18-29/h25-32H,3-24H2,1-2H3. The Balaban J connectivity index is 1.36. The molecule has 1 N–H and O–H groups in total. The zero-order valence-electron chi connectivity index (χ0n) is 22.0. The van der Waals surface area contributed by atoms with Gasteiger partial charge in [-0.05, 0) is 99.2 Å². The summed E-state index contributed by atoms with van der Waals surface area (Å²) in [5, 5.41) is 9.82. The van der Waals surface area contributed by atoms with Gasteiger partial charge in [-0.2, -0.15) is 0 Å². The van der Waals surface area contributed by atoms with Crippen molar-refractivity contribution in [1.82, 2.24) is 0 Å². The predicted molar refractivity (Wildman–Crippen MR) is 140 cm³/mol. The van der Waals surface area contributed by atoms with E-state index < -0.39 is 0 Å². The van der Waals surface area contributed by atoms with Gasteiger partial charge in [0.15, 0.2) is 0 Å². The fourth-order valence-corrected chi connectivity index (χ4v) is 8.35. The van der Waals surface area contributed by atoms with Gasteiger partial charge in [0.05, 0.1) is 0 Å². The molecular formula is C31H58O. The van der Waals surface area contributed by atoms with E-state index in [1.165, 1.54) is 128 Å². The van der Waals surface area contributed by atoms with Crippen LogP contribution in [-0.4, -0.2) is 11.7 Å². The van der Waals surface area contributed by atoms with Gasteiger partial charge in [0.2, 0.25) is 0 Å². The summed E-state index contributed by atoms with van der Waals surface area (Å²) in [5.74, 6) is 6.82. The van der Waals surface area contributed by atoms with Crippen molar-refractivity contribution < 1.29 is 5.11 Å². The van der Waals surface area contributed by atoms with Crippen molar-refractivity contribution in [2.45, 2.75) is 149 Å². The van der Waals surface area contributed by atoms with Gasteiger partial charge < -0.3 is 5.11 Å². The Bertz CT molecular complexity index is 449. The maximum atomic E-state index is 9.82. The molecule has 3 aliphatic rings. The van der Waals surface area contributed by atoms with Gasteiger partial charge in [0, 0.05) is 6.61 Å². The van der Waals surface area contributed by atoms with E-state index in [1.54, 1.807) is 0 Å². The zero-order chi connectivity index (χ0) is 22.6. The van der Waals surface area contributed by atoms with Crippen LogP contribution in [0.3, 0.4) is 0 Å². The SMILES string of the molecule is CCCCCCCC1CCC(C2CCC(C(CCO)C3CCC(CCC)CC3)CC2)CC1. The van der Waals surface area contributed by atoms with Gasteiger partial charge >= 0.3 is 0 Å². The van der Waals surface area contributed by atoms with Crippen LogP contribution in [0.4, 0.5) is 0 Å². The lowest BCUT2D eigenvalue weighted by atomic mass is 9.63. The van der Waals surface area contributed by atoms with E-state index >= 15 is 0 Å². The Kier molecular flexibility index (Phi) is 12.5. The van der Waals surface area contributed by atoms with E-state index in [9.17, 15) is 5.11 Å². The van der Waals surface area contributed by atoms with Gasteiger partial charge in [0.25, 0.3) is 0 Å². The van der Waals surface area contributed by atoms with E-state index in [2.05, 4.69) is 13.8 Å². The molecule has 3 saturated carbocycles. The molecule has 3 fully saturated rings. The monoisotopic (exact) mass is 446 g/mol. The van der Waals surface area contributed by atoms with Crippen molar-refractivity contribution in [2.24, 2.45) is 41.4 Å². The lowest BCUT2D eigenvalue weighted by Gasteiger charge is -2.43. The van der Waals surface area contributed by atoms with E-state index in [-0.39, 0.29) is 0 Å². The van der Waals surface area contributed by atoms with Crippen LogP contribution in [0.15, 0.2) is 0 Å². The summed E-state index contributed by atoms with van der Waals surface area (Å²) in [4.78, 5) is 0. The third-order valence-electron chi connectivity index (χ3n) is 10.4. The predicted octanol–water partition coefficient (Wildman–Crippen LogP) is 9.56. The average Bonchev–Trinajstić information content (AvgIpc) is 2.84. The second-order valence-corrected chi connectivity index (χ2v) is 12.4. The van der Waals surface area contributed by atoms with Crippen LogP contribution < -0.4 is 0 Å². The molecule has 3 rings (SSSR count). The van der Waals surface area contributed by atoms with Crippen LogP contribution in [0, 0.1) is 41.4 Å². The quantitative estimate of drug-likeness (QED) is 0.279. The minimum Gasteiger partial charge on any atom is -0.396 e. The van der Waals surface area contributed by atoms with Gasteiger partial charge in [-0.3, -0.25) is 0 Å². The third-order valence-corrected chi connectivity index (χ3v) is 10.4. The third kappa shape index (κ3) is 8.32. The molecule has 0 aliphatic heterocycles. The van der Waals surface area contributed by atoms with Gasteiger partial charge in [-0.25, -0.2) is 0 Å². The molecule has 0 aromatic rings. The molecule has 188 valence electrons. The Morgan fingerprint density at radius 3 is 1.62 bits per heavy atom. The summed E-state index contributed by atoms with van der Waals surface area (Å²) in [6.07, 6.45) is 30.6. The van der Waals surface area contributed by atoms with E-state index in [0.29, 0.717) is 6.61 Å². The highest BCUT2D eigenvalue weighted by Gasteiger charge is 2.36. The van der Waals surface area contributed by atoms with Crippen LogP contribution in [0.25, 0.3) is 0 Å². The molecule has 0 aromatic carbocycles. The van der Waals surface area contributed by atoms with Crippen LogP contribution in [0.1, 0.15) is 149 Å². The van der Waals surface area contributed by atoms with Crippen molar-refractivity contribution in [3.63, 3.8) is 0 Å². The molecule has 1 nitrogen and oxygen atoms in total. The lowest BCUT2D eigenvalue weighted by Crippen LogP contribution is -2.33. The number of aliphatic hydroxyl groups is 1. The van der Waals surface area contributed by atoms with Crippen LogP contribution in [0.5, 0.6) is 0 Å². The topological polar surface area (TPSA) is 20.2 Å². The number of aliphatic hydroxyl groups excluding tert-OH is 1. The summed E-state index contributed by atoms with van der Waals surface area (Å²) < 4.78 is 0. The molecule has 0 amide bonds. The minimum absolute atomic E-state index is 0.419. The zero-order valence-corrected chi connectivity index (χ0v) is 22.0. The van der Waals surface area contributed by atoms with E-state index in [0.717, 1.165) is 47.8 Å². The number of unbranched alkanes of at least 4 members (excludes halogenated alkanes) is 4. The molecule has 0 bridgehead atoms. The molecule has 1 heteroatoms. The van der Waals surface area contributed by atoms with Crippen LogP contribution >= 0.6 is 0 Å². The molecule has 0 saturated heterocycles. The highest BCUT2D eigenvalue weighted by atomic mass is 16.3. The summed E-state index contributed by atoms with van der Waals surface area (Å²) in [6, 6.07) is 0. The summed E-state index contributed by atoms with van der Waals surface area (Å²) in [5.41, 5.74) is 0. The Labute approximate surface area is 201 Å². The molecule has 0 spiro atoms. The molecule has 32 heavy (non-hydrogen) atoms. The second-order valence-electron chi connectivity index (χ2n) is 12.4. The molecule has 0 radical (unpaired) electrons. The Morgan fingerprint density at radius 2 is 1.06 bits per heavy atom. The van der Waals surface area contributed by atoms with Crippen LogP contribution in [0.2, 0.25) is 0 Å². The smallest absolute Gasteiger partial charge is 0.0433 e. The van der Waals surface area contributed by atoms with Crippen LogP contribution in [-0.2, 0) is 0 Å². The van der Waals surface area contributed by atoms with Crippen molar-refractivity contribution >= 4 is 0 Å². The lowest BCUT2D eigenvalue weighted by molar-refractivity contribution is 0.0690. The van der Waals surface area contributed by atoms with E-state index in [1.807, 2.05) is 0 Å². The minimum atomic E-state index is 0.419. The van der Waals surface area contributed by atoms with Crippen molar-refractivity contribution in [1.29, 1.82) is 0 Å². The highest BCUT2D eigenvalue weighted by molar-refractivity contribution is 4.87. The first-order valence-electron chi connectivity index (χ1n) is 15.4. The normalized spacial score (nSPS) is 35.0. The second kappa shape index (κ2) is 15.1. The first-order chi connectivity index (χ1) is 15.7. The largest absolute Gasteiger partial charge is 0.396 e. The number of rotatable bonds is 13. The van der Waals surface area contributed by atoms with Gasteiger partial charge in [0.1, 0.15) is 0 Å². The van der Waals surface area contributed by atoms with Crippen molar-refractivity contribution in [3.8, 4) is 0 Å². The van der Waals surface area contributed by atoms with E-state index in [4.69, 9.17) is 0 Å². The Morgan fingerprint density at radius 1 is 0.562 bits per heavy atom. The summed E-state index contributed by atoms with van der Waals surface area (Å²) >= 11 is 0. The first kappa shape index (κ1) is 26.6. The maximum Gasteiger partial charge on any atom is 0.0433 e. The summed E-state index contributed by atoms with van der Waals surface area (Å²) in [6.45, 7) is 5.09. The maximum absolute atomic E-state index is 9.82.